The standard InChI is InChI=1S/C16H22BFO2/c1-5-16(4)15(2,3)19-17(20-16)12-8-9-13(11-6-7-11)14(18)10-12/h8-11H,5-7H2,1-4H3. The molecule has 1 aliphatic carbocycles. The highest BCUT2D eigenvalue weighted by Gasteiger charge is 2.53. The van der Waals surface area contributed by atoms with Gasteiger partial charge in [-0.05, 0) is 63.0 Å². The molecule has 1 atom stereocenters. The van der Waals surface area contributed by atoms with E-state index in [1.54, 1.807) is 6.07 Å². The van der Waals surface area contributed by atoms with Crippen LogP contribution in [0.5, 0.6) is 0 Å². The molecule has 108 valence electrons. The van der Waals surface area contributed by atoms with Crippen molar-refractivity contribution in [1.82, 2.24) is 0 Å². The smallest absolute Gasteiger partial charge is 0.399 e. The van der Waals surface area contributed by atoms with Crippen LogP contribution in [0, 0.1) is 5.82 Å². The molecule has 2 nitrogen and oxygen atoms in total. The Morgan fingerprint density at radius 1 is 1.25 bits per heavy atom. The van der Waals surface area contributed by atoms with Gasteiger partial charge >= 0.3 is 7.12 Å². The minimum Gasteiger partial charge on any atom is -0.399 e. The second-order valence-corrected chi connectivity index (χ2v) is 6.72. The molecule has 1 aromatic rings. The Morgan fingerprint density at radius 3 is 2.45 bits per heavy atom. The molecule has 4 heteroatoms. The fraction of sp³-hybridized carbons (Fsp3) is 0.625. The number of benzene rings is 1. The summed E-state index contributed by atoms with van der Waals surface area (Å²) in [5, 5.41) is 0. The molecular formula is C16H22BFO2. The van der Waals surface area contributed by atoms with Gasteiger partial charge in [0, 0.05) is 0 Å². The molecule has 1 saturated carbocycles. The van der Waals surface area contributed by atoms with E-state index in [-0.39, 0.29) is 17.0 Å². The van der Waals surface area contributed by atoms with Crippen molar-refractivity contribution in [2.45, 2.75) is 64.1 Å². The van der Waals surface area contributed by atoms with E-state index in [9.17, 15) is 4.39 Å². The molecule has 20 heavy (non-hydrogen) atoms. The van der Waals surface area contributed by atoms with Crippen LogP contribution in [0.3, 0.4) is 0 Å². The van der Waals surface area contributed by atoms with Gasteiger partial charge in [-0.3, -0.25) is 0 Å². The molecule has 0 aromatic heterocycles. The highest BCUT2D eigenvalue weighted by molar-refractivity contribution is 6.62. The van der Waals surface area contributed by atoms with Gasteiger partial charge in [-0.25, -0.2) is 4.39 Å². The van der Waals surface area contributed by atoms with Gasteiger partial charge < -0.3 is 9.31 Å². The molecular weight excluding hydrogens is 254 g/mol. The van der Waals surface area contributed by atoms with Gasteiger partial charge in [0.05, 0.1) is 11.2 Å². The third-order valence-electron chi connectivity index (χ3n) is 5.03. The zero-order valence-corrected chi connectivity index (χ0v) is 12.7. The van der Waals surface area contributed by atoms with Crippen molar-refractivity contribution in [2.75, 3.05) is 0 Å². The lowest BCUT2D eigenvalue weighted by Crippen LogP contribution is -2.44. The molecule has 3 rings (SSSR count). The topological polar surface area (TPSA) is 18.5 Å². The SMILES string of the molecule is CCC1(C)OB(c2ccc(C3CC3)c(F)c2)OC1(C)C. The van der Waals surface area contributed by atoms with Crippen LogP contribution >= 0.6 is 0 Å². The Labute approximate surface area is 120 Å². The van der Waals surface area contributed by atoms with E-state index in [4.69, 9.17) is 9.31 Å². The lowest BCUT2D eigenvalue weighted by molar-refractivity contribution is -0.0118. The van der Waals surface area contributed by atoms with Crippen LogP contribution in [0.15, 0.2) is 18.2 Å². The van der Waals surface area contributed by atoms with Gasteiger partial charge in [0.25, 0.3) is 0 Å². The van der Waals surface area contributed by atoms with E-state index in [2.05, 4.69) is 13.8 Å². The number of hydrogen-bond acceptors (Lipinski definition) is 2. The largest absolute Gasteiger partial charge is 0.494 e. The fourth-order valence-electron chi connectivity index (χ4n) is 2.86. The van der Waals surface area contributed by atoms with Crippen LogP contribution in [-0.2, 0) is 9.31 Å². The number of hydrogen-bond donors (Lipinski definition) is 0. The van der Waals surface area contributed by atoms with Crippen molar-refractivity contribution in [3.63, 3.8) is 0 Å². The lowest BCUT2D eigenvalue weighted by Gasteiger charge is -2.35. The Bertz CT molecular complexity index is 527. The zero-order valence-electron chi connectivity index (χ0n) is 12.7. The zero-order chi connectivity index (χ0) is 14.5. The molecule has 0 N–H and O–H groups in total. The second-order valence-electron chi connectivity index (χ2n) is 6.72. The highest BCUT2D eigenvalue weighted by Crippen LogP contribution is 2.42. The van der Waals surface area contributed by atoms with Crippen molar-refractivity contribution in [3.05, 3.63) is 29.6 Å². The molecule has 2 aliphatic rings. The van der Waals surface area contributed by atoms with Gasteiger partial charge in [-0.15, -0.1) is 0 Å². The molecule has 0 radical (unpaired) electrons. The monoisotopic (exact) mass is 276 g/mol. The summed E-state index contributed by atoms with van der Waals surface area (Å²) in [6, 6.07) is 5.42. The van der Waals surface area contributed by atoms with Gasteiger partial charge in [0.15, 0.2) is 0 Å². The van der Waals surface area contributed by atoms with Crippen molar-refractivity contribution >= 4 is 12.6 Å². The Balaban J connectivity index is 1.86. The first kappa shape index (κ1) is 14.1. The molecule has 1 aliphatic heterocycles. The molecule has 0 spiro atoms. The summed E-state index contributed by atoms with van der Waals surface area (Å²) in [4.78, 5) is 0. The maximum atomic E-state index is 14.2. The Hall–Kier alpha value is -0.865. The third-order valence-corrected chi connectivity index (χ3v) is 5.03. The van der Waals surface area contributed by atoms with E-state index in [0.29, 0.717) is 5.92 Å². The molecule has 1 saturated heterocycles. The van der Waals surface area contributed by atoms with Crippen molar-refractivity contribution in [1.29, 1.82) is 0 Å². The minimum absolute atomic E-state index is 0.125. The fourth-order valence-corrected chi connectivity index (χ4v) is 2.86. The maximum absolute atomic E-state index is 14.2. The van der Waals surface area contributed by atoms with E-state index in [1.807, 2.05) is 26.0 Å². The average Bonchev–Trinajstić information content (AvgIpc) is 3.18. The van der Waals surface area contributed by atoms with Crippen LogP contribution < -0.4 is 5.46 Å². The quantitative estimate of drug-likeness (QED) is 0.788. The summed E-state index contributed by atoms with van der Waals surface area (Å²) >= 11 is 0. The van der Waals surface area contributed by atoms with Crippen LogP contribution in [0.4, 0.5) is 4.39 Å². The highest BCUT2D eigenvalue weighted by atomic mass is 19.1. The molecule has 1 heterocycles. The van der Waals surface area contributed by atoms with Gasteiger partial charge in [-0.2, -0.15) is 0 Å². The van der Waals surface area contributed by atoms with Crippen LogP contribution in [0.2, 0.25) is 0 Å². The second kappa shape index (κ2) is 4.57. The molecule has 1 unspecified atom stereocenters. The summed E-state index contributed by atoms with van der Waals surface area (Å²) in [5.74, 6) is 0.298. The maximum Gasteiger partial charge on any atom is 0.494 e. The molecule has 0 bridgehead atoms. The Morgan fingerprint density at radius 2 is 1.95 bits per heavy atom. The summed E-state index contributed by atoms with van der Waals surface area (Å²) in [5.41, 5.74) is 0.892. The van der Waals surface area contributed by atoms with Crippen LogP contribution in [0.25, 0.3) is 0 Å². The van der Waals surface area contributed by atoms with E-state index in [1.165, 1.54) is 0 Å². The van der Waals surface area contributed by atoms with E-state index < -0.39 is 7.12 Å². The predicted molar refractivity (Wildman–Crippen MR) is 78.7 cm³/mol. The third kappa shape index (κ3) is 2.19. The van der Waals surface area contributed by atoms with Crippen LogP contribution in [0.1, 0.15) is 58.4 Å². The van der Waals surface area contributed by atoms with Gasteiger partial charge in [0.1, 0.15) is 5.82 Å². The van der Waals surface area contributed by atoms with Crippen molar-refractivity contribution in [2.24, 2.45) is 0 Å². The molecule has 0 amide bonds. The lowest BCUT2D eigenvalue weighted by atomic mass is 9.78. The van der Waals surface area contributed by atoms with Gasteiger partial charge in [0.2, 0.25) is 0 Å². The number of halogens is 1. The first-order valence-electron chi connectivity index (χ1n) is 7.51. The normalized spacial score (nSPS) is 28.9. The summed E-state index contributed by atoms with van der Waals surface area (Å²) in [6.07, 6.45) is 3.07. The van der Waals surface area contributed by atoms with E-state index >= 15 is 0 Å². The summed E-state index contributed by atoms with van der Waals surface area (Å²) < 4.78 is 26.3. The predicted octanol–water partition coefficient (Wildman–Crippen LogP) is 3.39. The van der Waals surface area contributed by atoms with Crippen molar-refractivity contribution in [3.8, 4) is 0 Å². The van der Waals surface area contributed by atoms with Crippen molar-refractivity contribution < 1.29 is 13.7 Å². The molecule has 1 aromatic carbocycles. The van der Waals surface area contributed by atoms with E-state index in [0.717, 1.165) is 30.3 Å². The first-order valence-corrected chi connectivity index (χ1v) is 7.51. The van der Waals surface area contributed by atoms with Crippen LogP contribution in [-0.4, -0.2) is 18.3 Å². The minimum atomic E-state index is -0.474. The Kier molecular flexibility index (Phi) is 3.22. The first-order chi connectivity index (χ1) is 9.36. The van der Waals surface area contributed by atoms with Gasteiger partial charge in [-0.1, -0.05) is 19.1 Å². The summed E-state index contributed by atoms with van der Waals surface area (Å²) in [6.45, 7) is 8.21. The average molecular weight is 276 g/mol. The molecule has 2 fully saturated rings. The summed E-state index contributed by atoms with van der Waals surface area (Å²) in [7, 11) is -0.474. The number of rotatable bonds is 3.